The molecule has 0 atom stereocenters. The van der Waals surface area contributed by atoms with Crippen LogP contribution in [-0.4, -0.2) is 14.5 Å². The highest BCUT2D eigenvalue weighted by Gasteiger charge is 2.04. The molecule has 0 spiro atoms. The van der Waals surface area contributed by atoms with E-state index in [0.717, 1.165) is 29.0 Å². The van der Waals surface area contributed by atoms with Crippen LogP contribution in [0.4, 0.5) is 5.69 Å². The Hall–Kier alpha value is -2.23. The predicted octanol–water partition coefficient (Wildman–Crippen LogP) is 1.99. The van der Waals surface area contributed by atoms with Crippen LogP contribution in [0, 0.1) is 0 Å². The van der Waals surface area contributed by atoms with Crippen molar-refractivity contribution in [3.05, 3.63) is 48.7 Å². The van der Waals surface area contributed by atoms with Crippen molar-refractivity contribution in [3.8, 4) is 0 Å². The van der Waals surface area contributed by atoms with E-state index in [2.05, 4.69) is 20.6 Å². The van der Waals surface area contributed by atoms with Gasteiger partial charge in [0, 0.05) is 29.7 Å². The van der Waals surface area contributed by atoms with E-state index < -0.39 is 0 Å². The highest BCUT2D eigenvalue weighted by Crippen LogP contribution is 2.22. The number of aromatic amines is 1. The first-order valence-electron chi connectivity index (χ1n) is 5.16. The topological polar surface area (TPSA) is 59.6 Å². The molecule has 4 nitrogen and oxygen atoms in total. The van der Waals surface area contributed by atoms with Gasteiger partial charge >= 0.3 is 0 Å². The molecule has 0 saturated heterocycles. The van der Waals surface area contributed by atoms with Crippen LogP contribution >= 0.6 is 0 Å². The number of hydrogen-bond acceptors (Lipinski definition) is 2. The molecule has 0 bridgehead atoms. The summed E-state index contributed by atoms with van der Waals surface area (Å²) in [5.74, 6) is 0.944. The summed E-state index contributed by atoms with van der Waals surface area (Å²) in [6.45, 7) is 0.736. The summed E-state index contributed by atoms with van der Waals surface area (Å²) < 4.78 is 2.13. The van der Waals surface area contributed by atoms with Gasteiger partial charge in [0.2, 0.25) is 0 Å². The van der Waals surface area contributed by atoms with Gasteiger partial charge < -0.3 is 15.3 Å². The Labute approximate surface area is 92.7 Å². The van der Waals surface area contributed by atoms with Crippen molar-refractivity contribution in [3.63, 3.8) is 0 Å². The van der Waals surface area contributed by atoms with Crippen molar-refractivity contribution in [2.24, 2.45) is 0 Å². The van der Waals surface area contributed by atoms with Gasteiger partial charge in [-0.05, 0) is 18.2 Å². The average molecular weight is 212 g/mol. The van der Waals surface area contributed by atoms with Crippen molar-refractivity contribution < 1.29 is 0 Å². The average Bonchev–Trinajstić information content (AvgIpc) is 2.90. The SMILES string of the molecule is Nc1cccc2c1ccn2Cc1ncc[nH]1. The number of rotatable bonds is 2. The fourth-order valence-corrected chi connectivity index (χ4v) is 1.93. The molecule has 16 heavy (non-hydrogen) atoms. The van der Waals surface area contributed by atoms with Crippen LogP contribution < -0.4 is 5.73 Å². The second-order valence-electron chi connectivity index (χ2n) is 3.76. The molecular weight excluding hydrogens is 200 g/mol. The minimum Gasteiger partial charge on any atom is -0.398 e. The van der Waals surface area contributed by atoms with Crippen LogP contribution in [0.25, 0.3) is 10.9 Å². The maximum atomic E-state index is 5.91. The largest absolute Gasteiger partial charge is 0.398 e. The minimum atomic E-state index is 0.736. The highest BCUT2D eigenvalue weighted by atomic mass is 15.0. The highest BCUT2D eigenvalue weighted by molar-refractivity contribution is 5.91. The lowest BCUT2D eigenvalue weighted by Crippen LogP contribution is -1.99. The number of anilines is 1. The van der Waals surface area contributed by atoms with E-state index in [1.165, 1.54) is 0 Å². The van der Waals surface area contributed by atoms with E-state index in [9.17, 15) is 0 Å². The molecule has 3 rings (SSSR count). The Morgan fingerprint density at radius 1 is 1.31 bits per heavy atom. The van der Waals surface area contributed by atoms with Crippen molar-refractivity contribution in [2.45, 2.75) is 6.54 Å². The minimum absolute atomic E-state index is 0.736. The number of nitrogens with two attached hydrogens (primary N) is 1. The van der Waals surface area contributed by atoms with Gasteiger partial charge in [-0.2, -0.15) is 0 Å². The molecule has 0 fully saturated rings. The van der Waals surface area contributed by atoms with Crippen molar-refractivity contribution in [1.82, 2.24) is 14.5 Å². The third-order valence-electron chi connectivity index (χ3n) is 2.72. The molecule has 0 aliphatic rings. The first-order chi connectivity index (χ1) is 7.84. The monoisotopic (exact) mass is 212 g/mol. The molecule has 80 valence electrons. The molecule has 1 aromatic carbocycles. The maximum Gasteiger partial charge on any atom is 0.126 e. The zero-order valence-electron chi connectivity index (χ0n) is 8.72. The molecule has 0 saturated carbocycles. The van der Waals surface area contributed by atoms with Gasteiger partial charge in [0.05, 0.1) is 12.1 Å². The third-order valence-corrected chi connectivity index (χ3v) is 2.72. The fourth-order valence-electron chi connectivity index (χ4n) is 1.93. The molecule has 2 aromatic heterocycles. The molecule has 0 aliphatic heterocycles. The number of nitrogens with one attached hydrogen (secondary N) is 1. The number of aromatic nitrogens is 3. The fraction of sp³-hybridized carbons (Fsp3) is 0.0833. The molecular formula is C12H12N4. The number of nitrogen functional groups attached to an aromatic ring is 1. The molecule has 0 aliphatic carbocycles. The third kappa shape index (κ3) is 1.35. The first kappa shape index (κ1) is 9.03. The first-order valence-corrected chi connectivity index (χ1v) is 5.16. The van der Waals surface area contributed by atoms with Crippen LogP contribution in [0.3, 0.4) is 0 Å². The lowest BCUT2D eigenvalue weighted by Gasteiger charge is -2.03. The lowest BCUT2D eigenvalue weighted by molar-refractivity contribution is 0.787. The molecule has 2 heterocycles. The summed E-state index contributed by atoms with van der Waals surface area (Å²) in [6, 6.07) is 7.98. The van der Waals surface area contributed by atoms with Gasteiger partial charge in [0.25, 0.3) is 0 Å². The smallest absolute Gasteiger partial charge is 0.126 e. The second-order valence-corrected chi connectivity index (χ2v) is 3.76. The van der Waals surface area contributed by atoms with Crippen LogP contribution in [0.5, 0.6) is 0 Å². The lowest BCUT2D eigenvalue weighted by atomic mass is 10.2. The van der Waals surface area contributed by atoms with Gasteiger partial charge in [0.15, 0.2) is 0 Å². The number of nitrogens with zero attached hydrogens (tertiary/aromatic N) is 2. The van der Waals surface area contributed by atoms with Crippen LogP contribution in [-0.2, 0) is 6.54 Å². The standard InChI is InChI=1S/C12H12N4/c13-10-2-1-3-11-9(10)4-7-16(11)8-12-14-5-6-15-12/h1-7H,8,13H2,(H,14,15). The zero-order chi connectivity index (χ0) is 11.0. The van der Waals surface area contributed by atoms with Gasteiger partial charge in [-0.15, -0.1) is 0 Å². The van der Waals surface area contributed by atoms with Gasteiger partial charge in [-0.3, -0.25) is 0 Å². The summed E-state index contributed by atoms with van der Waals surface area (Å²) in [6.07, 6.45) is 5.62. The second kappa shape index (κ2) is 3.41. The molecule has 0 unspecified atom stereocenters. The van der Waals surface area contributed by atoms with Gasteiger partial charge in [0.1, 0.15) is 5.82 Å². The Morgan fingerprint density at radius 2 is 2.25 bits per heavy atom. The van der Waals surface area contributed by atoms with Gasteiger partial charge in [-0.1, -0.05) is 6.07 Å². The zero-order valence-corrected chi connectivity index (χ0v) is 8.72. The molecule has 3 aromatic rings. The summed E-state index contributed by atoms with van der Waals surface area (Å²) in [7, 11) is 0. The number of hydrogen-bond donors (Lipinski definition) is 2. The van der Waals surface area contributed by atoms with E-state index in [4.69, 9.17) is 5.73 Å². The number of imidazole rings is 1. The van der Waals surface area contributed by atoms with Crippen LogP contribution in [0.2, 0.25) is 0 Å². The van der Waals surface area contributed by atoms with E-state index >= 15 is 0 Å². The molecule has 4 heteroatoms. The van der Waals surface area contributed by atoms with Gasteiger partial charge in [-0.25, -0.2) is 4.98 Å². The van der Waals surface area contributed by atoms with E-state index in [1.54, 1.807) is 6.20 Å². The van der Waals surface area contributed by atoms with Crippen molar-refractivity contribution >= 4 is 16.6 Å². The van der Waals surface area contributed by atoms with Crippen LogP contribution in [0.15, 0.2) is 42.9 Å². The number of benzene rings is 1. The quantitative estimate of drug-likeness (QED) is 0.638. The number of fused-ring (bicyclic) bond motifs is 1. The van der Waals surface area contributed by atoms with Crippen LogP contribution in [0.1, 0.15) is 5.82 Å². The predicted molar refractivity (Wildman–Crippen MR) is 64.0 cm³/mol. The Bertz CT molecular complexity index is 607. The Morgan fingerprint density at radius 3 is 3.06 bits per heavy atom. The summed E-state index contributed by atoms with van der Waals surface area (Å²) in [5, 5.41) is 1.09. The van der Waals surface area contributed by atoms with E-state index in [0.29, 0.717) is 0 Å². The summed E-state index contributed by atoms with van der Waals surface area (Å²) in [5.41, 5.74) is 7.86. The molecule has 0 amide bonds. The van der Waals surface area contributed by atoms with E-state index in [1.807, 2.05) is 30.6 Å². The van der Waals surface area contributed by atoms with Crippen molar-refractivity contribution in [1.29, 1.82) is 0 Å². The maximum absolute atomic E-state index is 5.91. The molecule has 3 N–H and O–H groups in total. The summed E-state index contributed by atoms with van der Waals surface area (Å²) in [4.78, 5) is 7.30. The summed E-state index contributed by atoms with van der Waals surface area (Å²) >= 11 is 0. The Kier molecular flexibility index (Phi) is 1.93. The van der Waals surface area contributed by atoms with Crippen molar-refractivity contribution in [2.75, 3.05) is 5.73 Å². The number of H-pyrrole nitrogens is 1. The Balaban J connectivity index is 2.08. The van der Waals surface area contributed by atoms with E-state index in [-0.39, 0.29) is 0 Å². The molecule has 0 radical (unpaired) electrons. The normalized spacial score (nSPS) is 11.0.